The summed E-state index contributed by atoms with van der Waals surface area (Å²) in [5, 5.41) is 0. The molecule has 2 heterocycles. The summed E-state index contributed by atoms with van der Waals surface area (Å²) < 4.78 is 14.8. The van der Waals surface area contributed by atoms with Crippen LogP contribution in [-0.4, -0.2) is 6.54 Å². The number of benzene rings is 2. The highest BCUT2D eigenvalue weighted by Crippen LogP contribution is 2.40. The number of fused-ring (bicyclic) bond motifs is 2. The van der Waals surface area contributed by atoms with Gasteiger partial charge in [-0.15, -0.1) is 0 Å². The van der Waals surface area contributed by atoms with Crippen molar-refractivity contribution in [3.8, 4) is 5.75 Å². The van der Waals surface area contributed by atoms with E-state index in [1.807, 2.05) is 0 Å². The summed E-state index contributed by atoms with van der Waals surface area (Å²) in [6, 6.07) is 12.8. The number of rotatable bonds is 8. The van der Waals surface area contributed by atoms with Crippen LogP contribution in [0.3, 0.4) is 0 Å². The van der Waals surface area contributed by atoms with Gasteiger partial charge >= 0.3 is 5.89 Å². The van der Waals surface area contributed by atoms with E-state index >= 15 is 0 Å². The van der Waals surface area contributed by atoms with Crippen molar-refractivity contribution in [3.05, 3.63) is 70.9 Å². The monoisotopic (exact) mass is 431 g/mol. The van der Waals surface area contributed by atoms with Crippen molar-refractivity contribution in [2.45, 2.75) is 66.8 Å². The molecule has 4 rings (SSSR count). The fourth-order valence-corrected chi connectivity index (χ4v) is 4.16. The van der Waals surface area contributed by atoms with E-state index < -0.39 is 0 Å². The number of oxazole rings is 1. The summed E-state index contributed by atoms with van der Waals surface area (Å²) >= 11 is 0. The predicted molar refractivity (Wildman–Crippen MR) is 132 cm³/mol. The number of nitrogens with zero attached hydrogens (tertiary/aromatic N) is 2. The van der Waals surface area contributed by atoms with Gasteiger partial charge in [0, 0.05) is 25.1 Å². The van der Waals surface area contributed by atoms with Crippen LogP contribution in [0.15, 0.2) is 58.3 Å². The van der Waals surface area contributed by atoms with Gasteiger partial charge < -0.3 is 14.1 Å². The second-order valence-electron chi connectivity index (χ2n) is 8.87. The molecule has 32 heavy (non-hydrogen) atoms. The highest BCUT2D eigenvalue weighted by Gasteiger charge is 2.26. The molecule has 0 fully saturated rings. The van der Waals surface area contributed by atoms with Crippen LogP contribution in [0.25, 0.3) is 17.2 Å². The van der Waals surface area contributed by atoms with Gasteiger partial charge in [0.05, 0.1) is 11.8 Å². The normalized spacial score (nSPS) is 15.0. The Morgan fingerprint density at radius 3 is 2.53 bits per heavy atom. The molecule has 168 valence electrons. The first kappa shape index (κ1) is 22.2. The van der Waals surface area contributed by atoms with Crippen molar-refractivity contribution < 1.29 is 13.7 Å². The third kappa shape index (κ3) is 4.59. The SMILES string of the molecule is CCCCN1/C(=C/C(C)=C/c2oc3ccc(C)cc3[n+]2CCCC)Oc2ccc(C)cc21. The average Bonchev–Trinajstić information content (AvgIpc) is 3.27. The molecule has 0 amide bonds. The molecule has 4 nitrogen and oxygen atoms in total. The highest BCUT2D eigenvalue weighted by molar-refractivity contribution is 5.71. The standard InChI is InChI=1S/C28H35N2O2/c1-6-8-14-29-23-16-20(3)10-12-25(23)31-27(29)18-22(5)19-28-30(15-9-7-2)24-17-21(4)11-13-26(24)32-28/h10-13,16-19H,6-9,14-15H2,1-5H3/q+1. The number of hydrogen-bond donors (Lipinski definition) is 0. The number of aryl methyl sites for hydroxylation is 3. The van der Waals surface area contributed by atoms with Crippen molar-refractivity contribution >= 4 is 22.9 Å². The lowest BCUT2D eigenvalue weighted by atomic mass is 10.2. The zero-order valence-electron chi connectivity index (χ0n) is 20.1. The molecule has 0 saturated heterocycles. The Kier molecular flexibility index (Phi) is 6.69. The molecule has 2 aromatic carbocycles. The summed E-state index contributed by atoms with van der Waals surface area (Å²) in [6.45, 7) is 12.7. The summed E-state index contributed by atoms with van der Waals surface area (Å²) in [5.74, 6) is 2.71. The number of allylic oxidation sites excluding steroid dienone is 2. The lowest BCUT2D eigenvalue weighted by molar-refractivity contribution is -0.678. The first-order valence-corrected chi connectivity index (χ1v) is 11.9. The second kappa shape index (κ2) is 9.64. The Morgan fingerprint density at radius 2 is 1.75 bits per heavy atom. The van der Waals surface area contributed by atoms with Crippen molar-refractivity contribution in [2.24, 2.45) is 0 Å². The van der Waals surface area contributed by atoms with Gasteiger partial charge in [-0.3, -0.25) is 0 Å². The van der Waals surface area contributed by atoms with E-state index in [0.29, 0.717) is 0 Å². The van der Waals surface area contributed by atoms with Gasteiger partial charge in [-0.1, -0.05) is 38.8 Å². The first-order valence-electron chi connectivity index (χ1n) is 11.9. The number of unbranched alkanes of at least 4 members (excludes halogenated alkanes) is 2. The predicted octanol–water partition coefficient (Wildman–Crippen LogP) is 7.08. The van der Waals surface area contributed by atoms with Crippen LogP contribution in [0.4, 0.5) is 5.69 Å². The molecule has 0 bridgehead atoms. The van der Waals surface area contributed by atoms with Gasteiger partial charge in [0.2, 0.25) is 11.5 Å². The summed E-state index contributed by atoms with van der Waals surface area (Å²) in [4.78, 5) is 2.30. The summed E-state index contributed by atoms with van der Waals surface area (Å²) in [6.07, 6.45) is 8.81. The van der Waals surface area contributed by atoms with Crippen LogP contribution < -0.4 is 14.2 Å². The molecule has 1 aromatic heterocycles. The van der Waals surface area contributed by atoms with E-state index in [1.165, 1.54) is 11.1 Å². The molecule has 0 atom stereocenters. The number of hydrogen-bond acceptors (Lipinski definition) is 3. The van der Waals surface area contributed by atoms with E-state index in [-0.39, 0.29) is 0 Å². The van der Waals surface area contributed by atoms with Crippen molar-refractivity contribution in [1.82, 2.24) is 0 Å². The second-order valence-corrected chi connectivity index (χ2v) is 8.87. The van der Waals surface area contributed by atoms with E-state index in [1.54, 1.807) is 0 Å². The smallest absolute Gasteiger partial charge is 0.374 e. The van der Waals surface area contributed by atoms with Gasteiger partial charge in [-0.25, -0.2) is 0 Å². The fourth-order valence-electron chi connectivity index (χ4n) is 4.16. The van der Waals surface area contributed by atoms with Gasteiger partial charge in [0.15, 0.2) is 12.3 Å². The van der Waals surface area contributed by atoms with Gasteiger partial charge in [-0.2, -0.15) is 4.57 Å². The van der Waals surface area contributed by atoms with Crippen LogP contribution in [0.5, 0.6) is 5.75 Å². The van der Waals surface area contributed by atoms with Gasteiger partial charge in [-0.05, 0) is 62.1 Å². The quantitative estimate of drug-likeness (QED) is 0.357. The van der Waals surface area contributed by atoms with E-state index in [4.69, 9.17) is 9.15 Å². The van der Waals surface area contributed by atoms with Gasteiger partial charge in [0.25, 0.3) is 5.52 Å². The van der Waals surface area contributed by atoms with Crippen LogP contribution in [0, 0.1) is 13.8 Å². The molecule has 4 heteroatoms. The zero-order valence-corrected chi connectivity index (χ0v) is 20.1. The van der Waals surface area contributed by atoms with Crippen molar-refractivity contribution in [1.29, 1.82) is 0 Å². The van der Waals surface area contributed by atoms with Crippen LogP contribution in [0.2, 0.25) is 0 Å². The van der Waals surface area contributed by atoms with E-state index in [2.05, 4.69) is 92.6 Å². The molecule has 1 aliphatic heterocycles. The molecule has 0 radical (unpaired) electrons. The zero-order chi connectivity index (χ0) is 22.7. The highest BCUT2D eigenvalue weighted by atomic mass is 16.5. The minimum absolute atomic E-state index is 0.889. The molecule has 0 saturated carbocycles. The molecule has 3 aromatic rings. The first-order chi connectivity index (χ1) is 15.5. The lowest BCUT2D eigenvalue weighted by Crippen LogP contribution is -2.35. The topological polar surface area (TPSA) is 29.5 Å². The van der Waals surface area contributed by atoms with Gasteiger partial charge in [0.1, 0.15) is 0 Å². The van der Waals surface area contributed by atoms with Crippen molar-refractivity contribution in [3.63, 3.8) is 0 Å². The molecule has 0 N–H and O–H groups in total. The van der Waals surface area contributed by atoms with Crippen LogP contribution in [0.1, 0.15) is 63.5 Å². The Bertz CT molecular complexity index is 1170. The third-order valence-electron chi connectivity index (χ3n) is 5.94. The maximum Gasteiger partial charge on any atom is 0.374 e. The molecule has 0 unspecified atom stereocenters. The molecule has 0 spiro atoms. The fraction of sp³-hybridized carbons (Fsp3) is 0.393. The van der Waals surface area contributed by atoms with Crippen LogP contribution >= 0.6 is 0 Å². The molecular formula is C28H35N2O2+. The Hall–Kier alpha value is -3.01. The maximum absolute atomic E-state index is 6.26. The summed E-state index contributed by atoms with van der Waals surface area (Å²) in [7, 11) is 0. The molecular weight excluding hydrogens is 396 g/mol. The van der Waals surface area contributed by atoms with Crippen molar-refractivity contribution in [2.75, 3.05) is 11.4 Å². The number of ether oxygens (including phenoxy) is 1. The average molecular weight is 432 g/mol. The van der Waals surface area contributed by atoms with E-state index in [0.717, 1.165) is 78.7 Å². The number of anilines is 1. The Balaban J connectivity index is 1.70. The lowest BCUT2D eigenvalue weighted by Gasteiger charge is -2.18. The molecule has 1 aliphatic rings. The third-order valence-corrected chi connectivity index (χ3v) is 5.94. The number of aromatic nitrogens is 1. The Morgan fingerprint density at radius 1 is 1.00 bits per heavy atom. The molecule has 0 aliphatic carbocycles. The maximum atomic E-state index is 6.26. The van der Waals surface area contributed by atoms with Crippen LogP contribution in [-0.2, 0) is 6.54 Å². The van der Waals surface area contributed by atoms with E-state index in [9.17, 15) is 0 Å². The minimum atomic E-state index is 0.889. The Labute approximate surface area is 191 Å². The largest absolute Gasteiger partial charge is 0.439 e. The summed E-state index contributed by atoms with van der Waals surface area (Å²) in [5.41, 5.74) is 6.85. The minimum Gasteiger partial charge on any atom is -0.439 e.